The van der Waals surface area contributed by atoms with E-state index in [4.69, 9.17) is 5.11 Å². The minimum atomic E-state index is -1.23. The summed E-state index contributed by atoms with van der Waals surface area (Å²) in [5, 5.41) is 11.3. The fourth-order valence-electron chi connectivity index (χ4n) is 1.27. The molecule has 0 atom stereocenters. The van der Waals surface area contributed by atoms with Gasteiger partial charge in [-0.2, -0.15) is 0 Å². The number of carboxylic acid groups (broad SMARTS) is 1. The molecule has 0 spiro atoms. The molecule has 1 amide bonds. The van der Waals surface area contributed by atoms with Gasteiger partial charge in [0.05, 0.1) is 12.9 Å². The summed E-state index contributed by atoms with van der Waals surface area (Å²) in [6, 6.07) is 0. The van der Waals surface area contributed by atoms with Crippen molar-refractivity contribution in [1.29, 1.82) is 0 Å². The molecule has 2 rings (SSSR count). The highest BCUT2D eigenvalue weighted by Gasteiger charge is 2.19. The van der Waals surface area contributed by atoms with Gasteiger partial charge in [-0.25, -0.2) is 14.8 Å². The molecule has 0 aliphatic rings. The molecule has 17 heavy (non-hydrogen) atoms. The van der Waals surface area contributed by atoms with E-state index in [0.29, 0.717) is 5.82 Å². The van der Waals surface area contributed by atoms with Crippen LogP contribution in [0.1, 0.15) is 26.8 Å². The van der Waals surface area contributed by atoms with Crippen molar-refractivity contribution in [2.75, 3.05) is 0 Å². The molecule has 0 radical (unpaired) electrons. The number of carbonyl (C=O) groups is 2. The Balaban J connectivity index is 2.04. The molecule has 2 aromatic heterocycles. The first kappa shape index (κ1) is 10.9. The predicted octanol–water partition coefficient (Wildman–Crippen LogP) is -0.239. The van der Waals surface area contributed by atoms with Gasteiger partial charge in [-0.05, 0) is 0 Å². The van der Waals surface area contributed by atoms with Crippen molar-refractivity contribution >= 4 is 11.9 Å². The minimum absolute atomic E-state index is 0.149. The maximum Gasteiger partial charge on any atom is 0.354 e. The number of aromatic carboxylic acids is 1. The molecule has 0 unspecified atom stereocenters. The highest BCUT2D eigenvalue weighted by Crippen LogP contribution is 2.02. The number of hydrogen-bond donors (Lipinski definition) is 4. The topological polar surface area (TPSA) is 124 Å². The molecule has 88 valence electrons. The Bertz CT molecular complexity index is 531. The van der Waals surface area contributed by atoms with Crippen LogP contribution < -0.4 is 5.32 Å². The Labute approximate surface area is 95.1 Å². The van der Waals surface area contributed by atoms with E-state index in [1.807, 2.05) is 0 Å². The number of nitrogens with one attached hydrogen (secondary N) is 3. The van der Waals surface area contributed by atoms with Crippen LogP contribution in [0.2, 0.25) is 0 Å². The summed E-state index contributed by atoms with van der Waals surface area (Å²) in [6.45, 7) is 0.178. The number of hydrogen-bond acceptors (Lipinski definition) is 4. The van der Waals surface area contributed by atoms with E-state index in [1.165, 1.54) is 0 Å². The molecule has 0 aliphatic heterocycles. The van der Waals surface area contributed by atoms with E-state index in [0.717, 1.165) is 6.33 Å². The minimum Gasteiger partial charge on any atom is -0.477 e. The zero-order chi connectivity index (χ0) is 12.3. The highest BCUT2D eigenvalue weighted by molar-refractivity contribution is 6.02. The molecule has 0 aromatic carbocycles. The molecule has 2 heterocycles. The van der Waals surface area contributed by atoms with Gasteiger partial charge in [0.25, 0.3) is 5.91 Å². The highest BCUT2D eigenvalue weighted by atomic mass is 16.4. The smallest absolute Gasteiger partial charge is 0.354 e. The molecule has 0 saturated heterocycles. The second kappa shape index (κ2) is 4.47. The first-order chi connectivity index (χ1) is 8.18. The van der Waals surface area contributed by atoms with Crippen molar-refractivity contribution in [3.63, 3.8) is 0 Å². The molecule has 0 bridgehead atoms. The lowest BCUT2D eigenvalue weighted by Gasteiger charge is -2.01. The van der Waals surface area contributed by atoms with Crippen LogP contribution in [0.5, 0.6) is 0 Å². The van der Waals surface area contributed by atoms with Gasteiger partial charge in [0.15, 0.2) is 11.4 Å². The average Bonchev–Trinajstić information content (AvgIpc) is 2.96. The fourth-order valence-corrected chi connectivity index (χ4v) is 1.27. The molecule has 4 N–H and O–H groups in total. The number of aromatic amines is 2. The van der Waals surface area contributed by atoms with E-state index in [1.54, 1.807) is 12.4 Å². The fraction of sp³-hybridized carbons (Fsp3) is 0.111. The lowest BCUT2D eigenvalue weighted by atomic mass is 10.3. The van der Waals surface area contributed by atoms with Crippen LogP contribution in [0, 0.1) is 0 Å². The quantitative estimate of drug-likeness (QED) is 0.582. The van der Waals surface area contributed by atoms with Gasteiger partial charge in [-0.1, -0.05) is 0 Å². The summed E-state index contributed by atoms with van der Waals surface area (Å²) in [5.74, 6) is -1.23. The Hall–Kier alpha value is -2.64. The van der Waals surface area contributed by atoms with Crippen LogP contribution in [0.25, 0.3) is 0 Å². The van der Waals surface area contributed by atoms with Crippen LogP contribution in [-0.2, 0) is 6.54 Å². The van der Waals surface area contributed by atoms with Gasteiger partial charge in [-0.15, -0.1) is 0 Å². The molecular weight excluding hydrogens is 226 g/mol. The molecule has 0 fully saturated rings. The van der Waals surface area contributed by atoms with Crippen molar-refractivity contribution in [1.82, 2.24) is 25.3 Å². The van der Waals surface area contributed by atoms with Gasteiger partial charge in [0.2, 0.25) is 0 Å². The standard InChI is InChI=1S/C9H9N5O3/c15-8(12-3-5-10-1-2-11-5)6-7(9(16)17)14-4-13-6/h1-2,4H,3H2,(H,10,11)(H,12,15)(H,13,14)(H,16,17). The number of carboxylic acids is 1. The average molecular weight is 235 g/mol. The summed E-state index contributed by atoms with van der Waals surface area (Å²) in [6.07, 6.45) is 4.34. The molecule has 2 aromatic rings. The molecule has 8 heteroatoms. The van der Waals surface area contributed by atoms with Crippen LogP contribution in [0.4, 0.5) is 0 Å². The molecule has 0 saturated carbocycles. The summed E-state index contributed by atoms with van der Waals surface area (Å²) in [7, 11) is 0. The maximum atomic E-state index is 11.6. The lowest BCUT2D eigenvalue weighted by molar-refractivity contribution is 0.0685. The largest absolute Gasteiger partial charge is 0.477 e. The van der Waals surface area contributed by atoms with Crippen LogP contribution in [-0.4, -0.2) is 36.9 Å². The predicted molar refractivity (Wildman–Crippen MR) is 55.3 cm³/mol. The van der Waals surface area contributed by atoms with E-state index >= 15 is 0 Å². The van der Waals surface area contributed by atoms with Crippen molar-refractivity contribution in [3.05, 3.63) is 35.9 Å². The lowest BCUT2D eigenvalue weighted by Crippen LogP contribution is -2.25. The zero-order valence-corrected chi connectivity index (χ0v) is 8.60. The number of H-pyrrole nitrogens is 2. The third kappa shape index (κ3) is 2.30. The Kier molecular flexibility index (Phi) is 2.86. The molecule has 0 aliphatic carbocycles. The third-order valence-electron chi connectivity index (χ3n) is 2.04. The van der Waals surface area contributed by atoms with Crippen molar-refractivity contribution in [2.24, 2.45) is 0 Å². The Morgan fingerprint density at radius 3 is 2.82 bits per heavy atom. The van der Waals surface area contributed by atoms with Gasteiger partial charge in [0, 0.05) is 12.4 Å². The Morgan fingerprint density at radius 1 is 1.35 bits per heavy atom. The van der Waals surface area contributed by atoms with Gasteiger partial charge < -0.3 is 20.4 Å². The first-order valence-electron chi connectivity index (χ1n) is 4.71. The number of carbonyl (C=O) groups excluding carboxylic acids is 1. The van der Waals surface area contributed by atoms with E-state index in [9.17, 15) is 9.59 Å². The second-order valence-corrected chi connectivity index (χ2v) is 3.15. The number of rotatable bonds is 4. The van der Waals surface area contributed by atoms with Crippen molar-refractivity contribution < 1.29 is 14.7 Å². The van der Waals surface area contributed by atoms with Crippen LogP contribution >= 0.6 is 0 Å². The molecular formula is C9H9N5O3. The normalized spacial score (nSPS) is 10.1. The van der Waals surface area contributed by atoms with Crippen molar-refractivity contribution in [3.8, 4) is 0 Å². The van der Waals surface area contributed by atoms with Crippen LogP contribution in [0.3, 0.4) is 0 Å². The first-order valence-corrected chi connectivity index (χ1v) is 4.71. The third-order valence-corrected chi connectivity index (χ3v) is 2.04. The zero-order valence-electron chi connectivity index (χ0n) is 8.60. The Morgan fingerprint density at radius 2 is 2.18 bits per heavy atom. The number of aromatic nitrogens is 4. The van der Waals surface area contributed by atoms with Gasteiger partial charge in [-0.3, -0.25) is 4.79 Å². The number of imidazole rings is 2. The second-order valence-electron chi connectivity index (χ2n) is 3.15. The van der Waals surface area contributed by atoms with Gasteiger partial charge in [0.1, 0.15) is 5.82 Å². The van der Waals surface area contributed by atoms with Crippen molar-refractivity contribution in [2.45, 2.75) is 6.54 Å². The summed E-state index contributed by atoms with van der Waals surface area (Å²) < 4.78 is 0. The van der Waals surface area contributed by atoms with Crippen LogP contribution in [0.15, 0.2) is 18.7 Å². The summed E-state index contributed by atoms with van der Waals surface area (Å²) in [4.78, 5) is 35.1. The number of nitrogens with zero attached hydrogens (tertiary/aromatic N) is 2. The van der Waals surface area contributed by atoms with Gasteiger partial charge >= 0.3 is 5.97 Å². The van der Waals surface area contributed by atoms with E-state index in [-0.39, 0.29) is 17.9 Å². The maximum absolute atomic E-state index is 11.6. The molecule has 8 nitrogen and oxygen atoms in total. The summed E-state index contributed by atoms with van der Waals surface area (Å²) in [5.41, 5.74) is -0.383. The van der Waals surface area contributed by atoms with E-state index in [2.05, 4.69) is 25.3 Å². The summed E-state index contributed by atoms with van der Waals surface area (Å²) >= 11 is 0. The SMILES string of the molecule is O=C(NCc1ncc[nH]1)c1nc[nH]c1C(=O)O. The monoisotopic (exact) mass is 235 g/mol. The van der Waals surface area contributed by atoms with E-state index < -0.39 is 11.9 Å². The number of amides is 1.